The van der Waals surface area contributed by atoms with E-state index < -0.39 is 11.6 Å². The molecule has 3 aromatic rings. The standard InChI is InChI=1S/C23H22FN3O4S/c1-4-23(30)14-6-17-20-12(8-27(17)21(28)13(14)9-31-22(23)29)19(10(2)25)11-5-18(32-3)15(24)7-16(11)26-20/h5-7,10,30H,4,8-9,25H2,1-3H3/t10-,23+/m1/s1. The Kier molecular flexibility index (Phi) is 4.70. The van der Waals surface area contributed by atoms with Gasteiger partial charge in [-0.15, -0.1) is 11.8 Å². The maximum atomic E-state index is 14.5. The van der Waals surface area contributed by atoms with Crippen molar-refractivity contribution in [1.82, 2.24) is 9.55 Å². The first kappa shape index (κ1) is 21.1. The van der Waals surface area contributed by atoms with Gasteiger partial charge in [0.2, 0.25) is 0 Å². The second kappa shape index (κ2) is 7.13. The maximum Gasteiger partial charge on any atom is 0.343 e. The Bertz CT molecular complexity index is 1380. The average molecular weight is 456 g/mol. The van der Waals surface area contributed by atoms with Gasteiger partial charge < -0.3 is 20.1 Å². The zero-order valence-electron chi connectivity index (χ0n) is 17.9. The molecule has 2 aromatic heterocycles. The van der Waals surface area contributed by atoms with Crippen molar-refractivity contribution in [2.75, 3.05) is 6.26 Å². The molecule has 166 valence electrons. The Morgan fingerprint density at radius 2 is 2.09 bits per heavy atom. The number of halogens is 1. The van der Waals surface area contributed by atoms with Gasteiger partial charge in [-0.05, 0) is 37.3 Å². The van der Waals surface area contributed by atoms with Crippen LogP contribution < -0.4 is 11.3 Å². The van der Waals surface area contributed by atoms with E-state index in [9.17, 15) is 19.1 Å². The SMILES string of the molecule is CC[C@@]1(O)C(=O)OCc2c1cc1n(c2=O)Cc2c-1nc1cc(F)c(SC)cc1c2[C@@H](C)N. The van der Waals surface area contributed by atoms with E-state index in [1.165, 1.54) is 17.8 Å². The highest BCUT2D eigenvalue weighted by Gasteiger charge is 2.45. The lowest BCUT2D eigenvalue weighted by Crippen LogP contribution is -2.44. The number of rotatable bonds is 3. The number of esters is 1. The minimum atomic E-state index is -1.90. The quantitative estimate of drug-likeness (QED) is 0.361. The lowest BCUT2D eigenvalue weighted by molar-refractivity contribution is -0.172. The molecular weight excluding hydrogens is 433 g/mol. The number of cyclic esters (lactones) is 1. The van der Waals surface area contributed by atoms with Gasteiger partial charge in [0.05, 0.1) is 29.0 Å². The number of thioether (sulfide) groups is 1. The van der Waals surface area contributed by atoms with Crippen molar-refractivity contribution in [1.29, 1.82) is 0 Å². The van der Waals surface area contributed by atoms with E-state index in [-0.39, 0.29) is 48.1 Å². The summed E-state index contributed by atoms with van der Waals surface area (Å²) in [5, 5.41) is 11.7. The number of carbonyl (C=O) groups excluding carboxylic acids is 1. The van der Waals surface area contributed by atoms with Crippen molar-refractivity contribution in [3.05, 3.63) is 56.6 Å². The summed E-state index contributed by atoms with van der Waals surface area (Å²) in [6, 6.07) is 4.39. The molecule has 0 aliphatic carbocycles. The number of nitrogens with two attached hydrogens (primary N) is 1. The molecule has 0 spiro atoms. The van der Waals surface area contributed by atoms with Crippen LogP contribution in [0.1, 0.15) is 48.6 Å². The summed E-state index contributed by atoms with van der Waals surface area (Å²) in [4.78, 5) is 30.9. The highest BCUT2D eigenvalue weighted by atomic mass is 32.2. The van der Waals surface area contributed by atoms with Gasteiger partial charge in [-0.2, -0.15) is 0 Å². The molecule has 2 aliphatic heterocycles. The smallest absolute Gasteiger partial charge is 0.343 e. The van der Waals surface area contributed by atoms with Crippen molar-refractivity contribution < 1.29 is 19.0 Å². The number of aromatic nitrogens is 2. The van der Waals surface area contributed by atoms with Gasteiger partial charge in [0, 0.05) is 33.5 Å². The molecule has 3 N–H and O–H groups in total. The van der Waals surface area contributed by atoms with E-state index in [1.54, 1.807) is 29.9 Å². The third-order valence-electron chi connectivity index (χ3n) is 6.46. The van der Waals surface area contributed by atoms with Gasteiger partial charge in [0.25, 0.3) is 5.56 Å². The Hall–Kier alpha value is -2.75. The number of hydrogen-bond acceptors (Lipinski definition) is 7. The Morgan fingerprint density at radius 1 is 1.34 bits per heavy atom. The molecule has 2 aliphatic rings. The third-order valence-corrected chi connectivity index (χ3v) is 7.21. The van der Waals surface area contributed by atoms with Crippen molar-refractivity contribution in [2.45, 2.75) is 50.0 Å². The first-order valence-corrected chi connectivity index (χ1v) is 11.6. The van der Waals surface area contributed by atoms with Gasteiger partial charge >= 0.3 is 5.97 Å². The minimum absolute atomic E-state index is 0.0630. The van der Waals surface area contributed by atoms with Gasteiger partial charge in [-0.25, -0.2) is 14.2 Å². The first-order valence-electron chi connectivity index (χ1n) is 10.3. The number of aliphatic hydroxyl groups is 1. The maximum absolute atomic E-state index is 14.5. The Labute approximate surface area is 187 Å². The normalized spacial score (nSPS) is 20.0. The average Bonchev–Trinajstić information content (AvgIpc) is 3.12. The van der Waals surface area contributed by atoms with Crippen molar-refractivity contribution in [2.24, 2.45) is 5.73 Å². The van der Waals surface area contributed by atoms with E-state index in [0.29, 0.717) is 21.8 Å². The van der Waals surface area contributed by atoms with Crippen molar-refractivity contribution in [3.63, 3.8) is 0 Å². The van der Waals surface area contributed by atoms with E-state index in [1.807, 2.05) is 6.92 Å². The molecule has 1 aromatic carbocycles. The molecule has 0 unspecified atom stereocenters. The summed E-state index contributed by atoms with van der Waals surface area (Å²) >= 11 is 1.30. The number of nitrogens with zero attached hydrogens (tertiary/aromatic N) is 2. The van der Waals surface area contributed by atoms with Crippen LogP contribution in [0.25, 0.3) is 22.3 Å². The van der Waals surface area contributed by atoms with Gasteiger partial charge in [0.15, 0.2) is 5.60 Å². The van der Waals surface area contributed by atoms with Crippen LogP contribution >= 0.6 is 11.8 Å². The largest absolute Gasteiger partial charge is 0.458 e. The Morgan fingerprint density at radius 3 is 2.75 bits per heavy atom. The summed E-state index contributed by atoms with van der Waals surface area (Å²) < 4.78 is 21.2. The number of fused-ring (bicyclic) bond motifs is 5. The number of pyridine rings is 2. The number of ether oxygens (including phenoxy) is 1. The molecule has 32 heavy (non-hydrogen) atoms. The van der Waals surface area contributed by atoms with E-state index in [2.05, 4.69) is 0 Å². The fourth-order valence-electron chi connectivity index (χ4n) is 4.79. The third kappa shape index (κ3) is 2.71. The molecule has 0 saturated carbocycles. The van der Waals surface area contributed by atoms with Crippen LogP contribution in [0.2, 0.25) is 0 Å². The molecule has 5 rings (SSSR count). The van der Waals surface area contributed by atoms with Gasteiger partial charge in [-0.3, -0.25) is 4.79 Å². The van der Waals surface area contributed by atoms with Crippen molar-refractivity contribution in [3.8, 4) is 11.4 Å². The molecule has 0 radical (unpaired) electrons. The lowest BCUT2D eigenvalue weighted by Gasteiger charge is -2.31. The molecule has 4 heterocycles. The number of hydrogen-bond donors (Lipinski definition) is 2. The molecule has 0 saturated heterocycles. The van der Waals surface area contributed by atoms with Gasteiger partial charge in [-0.1, -0.05) is 6.92 Å². The molecule has 0 amide bonds. The lowest BCUT2D eigenvalue weighted by atomic mass is 9.86. The first-order chi connectivity index (χ1) is 15.2. The molecule has 7 nitrogen and oxygen atoms in total. The second-order valence-corrected chi connectivity index (χ2v) is 9.10. The fraction of sp³-hybridized carbons (Fsp3) is 0.348. The predicted molar refractivity (Wildman–Crippen MR) is 119 cm³/mol. The highest BCUT2D eigenvalue weighted by Crippen LogP contribution is 2.42. The highest BCUT2D eigenvalue weighted by molar-refractivity contribution is 7.98. The zero-order chi connectivity index (χ0) is 22.9. The summed E-state index contributed by atoms with van der Waals surface area (Å²) in [7, 11) is 0. The minimum Gasteiger partial charge on any atom is -0.458 e. The van der Waals surface area contributed by atoms with Crippen LogP contribution in [0.4, 0.5) is 4.39 Å². The summed E-state index contributed by atoms with van der Waals surface area (Å²) in [5.74, 6) is -1.15. The predicted octanol–water partition coefficient (Wildman–Crippen LogP) is 2.96. The van der Waals surface area contributed by atoms with Crippen LogP contribution in [-0.2, 0) is 28.3 Å². The number of carbonyl (C=O) groups is 1. The van der Waals surface area contributed by atoms with Crippen LogP contribution in [0.5, 0.6) is 0 Å². The van der Waals surface area contributed by atoms with Crippen LogP contribution in [0.3, 0.4) is 0 Å². The van der Waals surface area contributed by atoms with Crippen LogP contribution in [0, 0.1) is 5.82 Å². The molecule has 0 bridgehead atoms. The number of benzene rings is 1. The van der Waals surface area contributed by atoms with Crippen LogP contribution in [-0.4, -0.2) is 26.9 Å². The monoisotopic (exact) mass is 455 g/mol. The van der Waals surface area contributed by atoms with E-state index in [4.69, 9.17) is 15.5 Å². The van der Waals surface area contributed by atoms with E-state index >= 15 is 0 Å². The fourth-order valence-corrected chi connectivity index (χ4v) is 5.28. The van der Waals surface area contributed by atoms with Crippen LogP contribution in [0.15, 0.2) is 27.9 Å². The summed E-state index contributed by atoms with van der Waals surface area (Å²) in [6.07, 6.45) is 1.86. The second-order valence-electron chi connectivity index (χ2n) is 8.25. The van der Waals surface area contributed by atoms with Crippen molar-refractivity contribution >= 4 is 28.6 Å². The summed E-state index contributed by atoms with van der Waals surface area (Å²) in [6.45, 7) is 3.56. The molecule has 0 fully saturated rings. The summed E-state index contributed by atoms with van der Waals surface area (Å²) in [5.41, 5.74) is 7.62. The topological polar surface area (TPSA) is 107 Å². The van der Waals surface area contributed by atoms with Gasteiger partial charge in [0.1, 0.15) is 12.4 Å². The Balaban J connectivity index is 1.85. The van der Waals surface area contributed by atoms with E-state index in [0.717, 1.165) is 16.5 Å². The molecular formula is C23H22FN3O4S. The molecule has 9 heteroatoms. The zero-order valence-corrected chi connectivity index (χ0v) is 18.7. The molecule has 2 atom stereocenters.